The summed E-state index contributed by atoms with van der Waals surface area (Å²) in [6, 6.07) is 17.5. The number of carbonyl (C=O) groups is 1. The van der Waals surface area contributed by atoms with Crippen molar-refractivity contribution in [2.75, 3.05) is 13.2 Å². The highest BCUT2D eigenvalue weighted by atomic mass is 32.2. The van der Waals surface area contributed by atoms with Gasteiger partial charge in [-0.25, -0.2) is 0 Å². The minimum absolute atomic E-state index is 0.195. The lowest BCUT2D eigenvalue weighted by Gasteiger charge is -2.06. The van der Waals surface area contributed by atoms with E-state index in [-0.39, 0.29) is 5.97 Å². The largest absolute Gasteiger partial charge is 0.494 e. The van der Waals surface area contributed by atoms with Crippen LogP contribution in [0.5, 0.6) is 5.75 Å². The third-order valence-electron chi connectivity index (χ3n) is 3.57. The van der Waals surface area contributed by atoms with Crippen LogP contribution < -0.4 is 10.5 Å². The molecule has 0 aromatic heterocycles. The van der Waals surface area contributed by atoms with Gasteiger partial charge in [-0.15, -0.1) is 5.10 Å². The second kappa shape index (κ2) is 12.6. The fourth-order valence-electron chi connectivity index (χ4n) is 2.20. The summed E-state index contributed by atoms with van der Waals surface area (Å²) in [5, 5.41) is 8.44. The number of hydrogen-bond acceptors (Lipinski definition) is 6. The molecule has 0 saturated carbocycles. The van der Waals surface area contributed by atoms with Crippen molar-refractivity contribution in [1.82, 2.24) is 0 Å². The van der Waals surface area contributed by atoms with Crippen molar-refractivity contribution in [2.24, 2.45) is 15.9 Å². The normalized spacial score (nSPS) is 11.5. The molecule has 0 aliphatic heterocycles. The predicted octanol–water partition coefficient (Wildman–Crippen LogP) is 3.99. The van der Waals surface area contributed by atoms with Crippen LogP contribution in [0.4, 0.5) is 0 Å². The van der Waals surface area contributed by atoms with E-state index < -0.39 is 0 Å². The lowest BCUT2D eigenvalue weighted by atomic mass is 10.2. The molecule has 28 heavy (non-hydrogen) atoms. The first-order valence-corrected chi connectivity index (χ1v) is 10.1. The topological polar surface area (TPSA) is 86.3 Å². The molecule has 0 aliphatic carbocycles. The van der Waals surface area contributed by atoms with E-state index in [9.17, 15) is 4.79 Å². The first kappa shape index (κ1) is 21.5. The Kier molecular flexibility index (Phi) is 9.65. The first-order valence-electron chi connectivity index (χ1n) is 9.09. The molecular weight excluding hydrogens is 374 g/mol. The summed E-state index contributed by atoms with van der Waals surface area (Å²) in [6.07, 6.45) is 2.62. The predicted molar refractivity (Wildman–Crippen MR) is 115 cm³/mol. The Morgan fingerprint density at radius 1 is 1.14 bits per heavy atom. The molecule has 0 saturated heterocycles. The molecule has 6 nitrogen and oxygen atoms in total. The number of nitrogens with zero attached hydrogens (tertiary/aromatic N) is 2. The number of hydrogen-bond donors (Lipinski definition) is 1. The molecule has 2 aromatic carbocycles. The zero-order valence-electron chi connectivity index (χ0n) is 15.9. The Morgan fingerprint density at radius 2 is 1.89 bits per heavy atom. The number of carbonyl (C=O) groups excluding carboxylic acids is 1. The van der Waals surface area contributed by atoms with Crippen LogP contribution in [0.2, 0.25) is 0 Å². The van der Waals surface area contributed by atoms with Crippen LogP contribution in [0, 0.1) is 0 Å². The SMILES string of the molecule is CCOC(=O)CCCOc1ccc(C=NN=C(N)SCc2ccccc2)cc1. The monoisotopic (exact) mass is 399 g/mol. The van der Waals surface area contributed by atoms with Gasteiger partial charge in [-0.3, -0.25) is 4.79 Å². The van der Waals surface area contributed by atoms with Crippen molar-refractivity contribution < 1.29 is 14.3 Å². The lowest BCUT2D eigenvalue weighted by molar-refractivity contribution is -0.143. The maximum atomic E-state index is 11.2. The fourth-order valence-corrected chi connectivity index (χ4v) is 2.81. The summed E-state index contributed by atoms with van der Waals surface area (Å²) in [4.78, 5) is 11.2. The lowest BCUT2D eigenvalue weighted by Crippen LogP contribution is -2.06. The number of benzene rings is 2. The van der Waals surface area contributed by atoms with Crippen molar-refractivity contribution in [3.63, 3.8) is 0 Å². The quantitative estimate of drug-likeness (QED) is 0.215. The van der Waals surface area contributed by atoms with Gasteiger partial charge in [0.2, 0.25) is 0 Å². The van der Waals surface area contributed by atoms with E-state index in [1.54, 1.807) is 13.1 Å². The van der Waals surface area contributed by atoms with Crippen LogP contribution in [-0.2, 0) is 15.3 Å². The van der Waals surface area contributed by atoms with Gasteiger partial charge in [0.15, 0.2) is 5.17 Å². The van der Waals surface area contributed by atoms with E-state index in [0.717, 1.165) is 17.1 Å². The van der Waals surface area contributed by atoms with Gasteiger partial charge in [-0.2, -0.15) is 5.10 Å². The van der Waals surface area contributed by atoms with Gasteiger partial charge in [-0.05, 0) is 48.7 Å². The Labute approximate surface area is 169 Å². The summed E-state index contributed by atoms with van der Waals surface area (Å²) in [5.41, 5.74) is 7.94. The molecule has 7 heteroatoms. The van der Waals surface area contributed by atoms with E-state index in [1.165, 1.54) is 17.3 Å². The highest BCUT2D eigenvalue weighted by Crippen LogP contribution is 2.13. The van der Waals surface area contributed by atoms with Gasteiger partial charge in [0.25, 0.3) is 0 Å². The van der Waals surface area contributed by atoms with E-state index >= 15 is 0 Å². The number of esters is 1. The van der Waals surface area contributed by atoms with Crippen molar-refractivity contribution in [2.45, 2.75) is 25.5 Å². The third-order valence-corrected chi connectivity index (χ3v) is 4.43. The van der Waals surface area contributed by atoms with E-state index in [2.05, 4.69) is 10.2 Å². The summed E-state index contributed by atoms with van der Waals surface area (Å²) in [7, 11) is 0. The van der Waals surface area contributed by atoms with Gasteiger partial charge in [0.05, 0.1) is 19.4 Å². The molecule has 2 aromatic rings. The highest BCUT2D eigenvalue weighted by Gasteiger charge is 2.01. The molecule has 2 N–H and O–H groups in total. The smallest absolute Gasteiger partial charge is 0.305 e. The molecule has 148 valence electrons. The molecule has 0 spiro atoms. The first-order chi connectivity index (χ1) is 13.7. The number of ether oxygens (including phenoxy) is 2. The van der Waals surface area contributed by atoms with Crippen LogP contribution in [0.3, 0.4) is 0 Å². The highest BCUT2D eigenvalue weighted by molar-refractivity contribution is 8.13. The molecule has 0 heterocycles. The Morgan fingerprint density at radius 3 is 2.61 bits per heavy atom. The molecular formula is C21H25N3O3S. The van der Waals surface area contributed by atoms with Crippen molar-refractivity contribution in [3.05, 3.63) is 65.7 Å². The van der Waals surface area contributed by atoms with Gasteiger partial charge >= 0.3 is 5.97 Å². The third kappa shape index (κ3) is 8.73. The molecule has 0 radical (unpaired) electrons. The Balaban J connectivity index is 1.71. The van der Waals surface area contributed by atoms with E-state index in [0.29, 0.717) is 31.2 Å². The molecule has 0 fully saturated rings. The zero-order valence-corrected chi connectivity index (χ0v) is 16.7. The van der Waals surface area contributed by atoms with Crippen molar-refractivity contribution in [3.8, 4) is 5.75 Å². The maximum Gasteiger partial charge on any atom is 0.305 e. The molecule has 0 amide bonds. The van der Waals surface area contributed by atoms with E-state index in [4.69, 9.17) is 15.2 Å². The van der Waals surface area contributed by atoms with Crippen molar-refractivity contribution in [1.29, 1.82) is 0 Å². The molecule has 2 rings (SSSR count). The van der Waals surface area contributed by atoms with Crippen LogP contribution in [-0.4, -0.2) is 30.6 Å². The maximum absolute atomic E-state index is 11.2. The van der Waals surface area contributed by atoms with Crippen LogP contribution in [0.1, 0.15) is 30.9 Å². The number of amidine groups is 1. The molecule has 0 bridgehead atoms. The van der Waals surface area contributed by atoms with Crippen LogP contribution in [0.25, 0.3) is 0 Å². The fraction of sp³-hybridized carbons (Fsp3) is 0.286. The summed E-state index contributed by atoms with van der Waals surface area (Å²) in [5.74, 6) is 1.30. The van der Waals surface area contributed by atoms with Crippen LogP contribution >= 0.6 is 11.8 Å². The summed E-state index contributed by atoms with van der Waals surface area (Å²) >= 11 is 1.44. The Bertz CT molecular complexity index is 777. The minimum Gasteiger partial charge on any atom is -0.494 e. The molecule has 0 unspecified atom stereocenters. The van der Waals surface area contributed by atoms with Gasteiger partial charge in [0, 0.05) is 12.2 Å². The minimum atomic E-state index is -0.195. The van der Waals surface area contributed by atoms with Gasteiger partial charge in [0.1, 0.15) is 5.75 Å². The number of nitrogens with two attached hydrogens (primary N) is 1. The molecule has 0 atom stereocenters. The van der Waals surface area contributed by atoms with Gasteiger partial charge in [-0.1, -0.05) is 42.1 Å². The second-order valence-corrected chi connectivity index (χ2v) is 6.78. The average Bonchev–Trinajstić information content (AvgIpc) is 2.72. The number of thioether (sulfide) groups is 1. The number of rotatable bonds is 10. The van der Waals surface area contributed by atoms with Gasteiger partial charge < -0.3 is 15.2 Å². The van der Waals surface area contributed by atoms with E-state index in [1.807, 2.05) is 54.6 Å². The summed E-state index contributed by atoms with van der Waals surface area (Å²) < 4.78 is 10.5. The standard InChI is InChI=1S/C21H25N3O3S/c1-2-26-20(25)9-6-14-27-19-12-10-17(11-13-19)15-23-24-21(22)28-16-18-7-4-3-5-8-18/h3-5,7-8,10-13,15H,2,6,9,14,16H2,1H3,(H2,22,24). The average molecular weight is 400 g/mol. The zero-order chi connectivity index (χ0) is 20.0. The summed E-state index contributed by atoms with van der Waals surface area (Å²) in [6.45, 7) is 2.66. The molecule has 0 aliphatic rings. The van der Waals surface area contributed by atoms with Crippen molar-refractivity contribution >= 4 is 29.1 Å². The van der Waals surface area contributed by atoms with Crippen LogP contribution in [0.15, 0.2) is 64.8 Å². The Hall–Kier alpha value is -2.80. The second-order valence-electron chi connectivity index (χ2n) is 5.78.